The monoisotopic (exact) mass is 310 g/mol. The summed E-state index contributed by atoms with van der Waals surface area (Å²) in [5.74, 6) is 3.68. The lowest BCUT2D eigenvalue weighted by Crippen LogP contribution is -2.29. The Bertz CT molecular complexity index is 415. The molecule has 3 rings (SSSR count). The van der Waals surface area contributed by atoms with E-state index in [1.807, 2.05) is 7.05 Å². The Hall–Kier alpha value is -0.840. The fourth-order valence-electron chi connectivity index (χ4n) is 2.23. The first-order valence-corrected chi connectivity index (χ1v) is 7.50. The molecule has 2 aliphatic carbocycles. The highest BCUT2D eigenvalue weighted by molar-refractivity contribution is 9.10. The van der Waals surface area contributed by atoms with E-state index in [0.29, 0.717) is 0 Å². The molecule has 0 unspecified atom stereocenters. The number of nitrogens with zero attached hydrogens (tertiary/aromatic N) is 3. The Kier molecular flexibility index (Phi) is 3.41. The van der Waals surface area contributed by atoms with E-state index >= 15 is 0 Å². The molecule has 0 aliphatic heterocycles. The lowest BCUT2D eigenvalue weighted by molar-refractivity contribution is 0.669. The van der Waals surface area contributed by atoms with E-state index < -0.39 is 0 Å². The highest BCUT2D eigenvalue weighted by Crippen LogP contribution is 2.38. The highest BCUT2D eigenvalue weighted by atomic mass is 79.9. The fraction of sp³-hybridized carbons (Fsp3) is 0.692. The smallest absolute Gasteiger partial charge is 0.148 e. The van der Waals surface area contributed by atoms with Crippen LogP contribution in [0, 0.1) is 11.8 Å². The minimum absolute atomic E-state index is 0.872. The van der Waals surface area contributed by atoms with E-state index in [9.17, 15) is 0 Å². The predicted octanol–water partition coefficient (Wildman–Crippen LogP) is 2.91. The first kappa shape index (κ1) is 12.2. The molecule has 98 valence electrons. The van der Waals surface area contributed by atoms with Crippen LogP contribution >= 0.6 is 15.9 Å². The Labute approximate surface area is 116 Å². The van der Waals surface area contributed by atoms with Gasteiger partial charge < -0.3 is 10.2 Å². The molecule has 0 radical (unpaired) electrons. The summed E-state index contributed by atoms with van der Waals surface area (Å²) in [6.45, 7) is 2.30. The van der Waals surface area contributed by atoms with Gasteiger partial charge in [0.25, 0.3) is 0 Å². The maximum Gasteiger partial charge on any atom is 0.148 e. The molecule has 2 saturated carbocycles. The van der Waals surface area contributed by atoms with Crippen molar-refractivity contribution in [1.29, 1.82) is 0 Å². The van der Waals surface area contributed by atoms with Gasteiger partial charge in [-0.3, -0.25) is 0 Å². The van der Waals surface area contributed by atoms with Crippen molar-refractivity contribution in [2.24, 2.45) is 11.8 Å². The van der Waals surface area contributed by atoms with Gasteiger partial charge in [0, 0.05) is 20.1 Å². The summed E-state index contributed by atoms with van der Waals surface area (Å²) in [6.07, 6.45) is 7.16. The number of rotatable bonds is 6. The van der Waals surface area contributed by atoms with Gasteiger partial charge in [0.2, 0.25) is 0 Å². The molecule has 0 spiro atoms. The summed E-state index contributed by atoms with van der Waals surface area (Å²) in [4.78, 5) is 11.2. The van der Waals surface area contributed by atoms with Crippen molar-refractivity contribution in [3.05, 3.63) is 10.8 Å². The third-order valence-corrected chi connectivity index (χ3v) is 4.39. The molecular weight excluding hydrogens is 292 g/mol. The van der Waals surface area contributed by atoms with Crippen LogP contribution in [-0.4, -0.2) is 30.1 Å². The SMILES string of the molecule is CNc1ncnc(N(CC2CC2)CC2CC2)c1Br. The van der Waals surface area contributed by atoms with E-state index in [0.717, 1.165) is 41.0 Å². The van der Waals surface area contributed by atoms with Gasteiger partial charge in [-0.25, -0.2) is 9.97 Å². The molecule has 0 bridgehead atoms. The molecule has 0 atom stereocenters. The predicted molar refractivity (Wildman–Crippen MR) is 76.9 cm³/mol. The second-order valence-electron chi connectivity index (χ2n) is 5.40. The fourth-order valence-corrected chi connectivity index (χ4v) is 2.88. The van der Waals surface area contributed by atoms with Crippen molar-refractivity contribution >= 4 is 27.6 Å². The number of hydrogen-bond donors (Lipinski definition) is 1. The number of aromatic nitrogens is 2. The van der Waals surface area contributed by atoms with Crippen molar-refractivity contribution in [2.75, 3.05) is 30.4 Å². The first-order valence-electron chi connectivity index (χ1n) is 6.71. The molecule has 2 aliphatic rings. The van der Waals surface area contributed by atoms with Crippen LogP contribution in [-0.2, 0) is 0 Å². The van der Waals surface area contributed by atoms with E-state index in [4.69, 9.17) is 0 Å². The Morgan fingerprint density at radius 2 is 1.83 bits per heavy atom. The molecule has 0 aromatic carbocycles. The lowest BCUT2D eigenvalue weighted by atomic mass is 10.3. The summed E-state index contributed by atoms with van der Waals surface area (Å²) in [7, 11) is 1.89. The van der Waals surface area contributed by atoms with Gasteiger partial charge in [-0.2, -0.15) is 0 Å². The molecule has 1 aromatic heterocycles. The molecular formula is C13H19BrN4. The zero-order valence-electron chi connectivity index (χ0n) is 10.7. The summed E-state index contributed by atoms with van der Waals surface area (Å²) < 4.78 is 0.994. The summed E-state index contributed by atoms with van der Waals surface area (Å²) in [5.41, 5.74) is 0. The Morgan fingerprint density at radius 3 is 2.33 bits per heavy atom. The maximum absolute atomic E-state index is 4.48. The maximum atomic E-state index is 4.48. The van der Waals surface area contributed by atoms with Crippen molar-refractivity contribution < 1.29 is 0 Å². The molecule has 0 saturated heterocycles. The van der Waals surface area contributed by atoms with Crippen LogP contribution in [0.5, 0.6) is 0 Å². The summed E-state index contributed by atoms with van der Waals surface area (Å²) >= 11 is 3.63. The largest absolute Gasteiger partial charge is 0.372 e. The summed E-state index contributed by atoms with van der Waals surface area (Å²) in [5, 5.41) is 3.10. The number of nitrogens with one attached hydrogen (secondary N) is 1. The van der Waals surface area contributed by atoms with Gasteiger partial charge in [-0.15, -0.1) is 0 Å². The van der Waals surface area contributed by atoms with Crippen LogP contribution in [0.25, 0.3) is 0 Å². The number of hydrogen-bond acceptors (Lipinski definition) is 4. The lowest BCUT2D eigenvalue weighted by Gasteiger charge is -2.25. The van der Waals surface area contributed by atoms with E-state index in [1.165, 1.54) is 25.7 Å². The summed E-state index contributed by atoms with van der Waals surface area (Å²) in [6, 6.07) is 0. The second kappa shape index (κ2) is 5.03. The van der Waals surface area contributed by atoms with E-state index in [1.54, 1.807) is 6.33 Å². The van der Waals surface area contributed by atoms with Crippen LogP contribution in [0.1, 0.15) is 25.7 Å². The second-order valence-corrected chi connectivity index (χ2v) is 6.19. The van der Waals surface area contributed by atoms with E-state index in [-0.39, 0.29) is 0 Å². The number of anilines is 2. The van der Waals surface area contributed by atoms with Crippen LogP contribution < -0.4 is 10.2 Å². The van der Waals surface area contributed by atoms with Crippen LogP contribution in [0.3, 0.4) is 0 Å². The molecule has 18 heavy (non-hydrogen) atoms. The molecule has 4 nitrogen and oxygen atoms in total. The quantitative estimate of drug-likeness (QED) is 0.877. The average Bonchev–Trinajstić information content (AvgIpc) is 3.24. The molecule has 0 amide bonds. The molecule has 2 fully saturated rings. The van der Waals surface area contributed by atoms with Gasteiger partial charge in [-0.1, -0.05) is 0 Å². The first-order chi connectivity index (χ1) is 8.78. The number of halogens is 1. The average molecular weight is 311 g/mol. The molecule has 1 N–H and O–H groups in total. The van der Waals surface area contributed by atoms with Crippen LogP contribution in [0.15, 0.2) is 10.8 Å². The highest BCUT2D eigenvalue weighted by Gasteiger charge is 2.31. The topological polar surface area (TPSA) is 41.1 Å². The molecule has 1 heterocycles. The standard InChI is InChI=1S/C13H19BrN4/c1-15-12-11(14)13(17-8-16-12)18(6-9-2-3-9)7-10-4-5-10/h8-10H,2-7H2,1H3,(H,15,16,17). The van der Waals surface area contributed by atoms with Gasteiger partial charge in [0.05, 0.1) is 0 Å². The Balaban J connectivity index is 1.82. The van der Waals surface area contributed by atoms with E-state index in [2.05, 4.69) is 36.1 Å². The Morgan fingerprint density at radius 1 is 1.22 bits per heavy atom. The van der Waals surface area contributed by atoms with Crippen molar-refractivity contribution in [1.82, 2.24) is 9.97 Å². The molecule has 1 aromatic rings. The van der Waals surface area contributed by atoms with Crippen molar-refractivity contribution in [2.45, 2.75) is 25.7 Å². The minimum Gasteiger partial charge on any atom is -0.372 e. The zero-order chi connectivity index (χ0) is 12.5. The van der Waals surface area contributed by atoms with Crippen molar-refractivity contribution in [3.8, 4) is 0 Å². The van der Waals surface area contributed by atoms with Crippen LogP contribution in [0.2, 0.25) is 0 Å². The van der Waals surface area contributed by atoms with Crippen molar-refractivity contribution in [3.63, 3.8) is 0 Å². The van der Waals surface area contributed by atoms with Gasteiger partial charge in [0.15, 0.2) is 0 Å². The van der Waals surface area contributed by atoms with Gasteiger partial charge in [-0.05, 0) is 53.4 Å². The third-order valence-electron chi connectivity index (χ3n) is 3.66. The minimum atomic E-state index is 0.872. The zero-order valence-corrected chi connectivity index (χ0v) is 12.3. The molecule has 5 heteroatoms. The third kappa shape index (κ3) is 2.76. The van der Waals surface area contributed by atoms with Crippen LogP contribution in [0.4, 0.5) is 11.6 Å². The van der Waals surface area contributed by atoms with Gasteiger partial charge in [0.1, 0.15) is 22.4 Å². The van der Waals surface area contributed by atoms with Gasteiger partial charge >= 0.3 is 0 Å². The normalized spacial score (nSPS) is 18.8.